The fraction of sp³-hybridized carbons (Fsp3) is 0.902. The summed E-state index contributed by atoms with van der Waals surface area (Å²) in [7, 11) is 1.27. The number of carbonyl (C=O) groups excluding carboxylic acids is 2. The van der Waals surface area contributed by atoms with Crippen LogP contribution >= 0.6 is 0 Å². The van der Waals surface area contributed by atoms with E-state index in [4.69, 9.17) is 33.2 Å². The van der Waals surface area contributed by atoms with E-state index in [1.165, 1.54) is 7.11 Å². The van der Waals surface area contributed by atoms with Gasteiger partial charge in [0.2, 0.25) is 5.91 Å². The Balaban J connectivity index is 1.19. The van der Waals surface area contributed by atoms with Gasteiger partial charge in [-0.1, -0.05) is 26.8 Å². The summed E-state index contributed by atoms with van der Waals surface area (Å²) in [6.07, 6.45) is -19.5. The molecular weight excluding hydrogens is 810 g/mol. The van der Waals surface area contributed by atoms with E-state index < -0.39 is 129 Å². The molecule has 7 aliphatic rings. The quantitative estimate of drug-likeness (QED) is 0.0524. The second-order valence-electron chi connectivity index (χ2n) is 19.0. The van der Waals surface area contributed by atoms with Gasteiger partial charge in [-0.3, -0.25) is 9.59 Å². The van der Waals surface area contributed by atoms with E-state index in [0.717, 1.165) is 31.3 Å². The molecule has 21 atom stereocenters. The lowest BCUT2D eigenvalue weighted by Crippen LogP contribution is -2.68. The van der Waals surface area contributed by atoms with Crippen molar-refractivity contribution in [2.45, 2.75) is 169 Å². The number of aliphatic hydroxyl groups is 10. The molecular formula is C41H65NO19. The molecule has 0 aromatic heterocycles. The molecule has 0 aromatic carbocycles. The fourth-order valence-electron chi connectivity index (χ4n) is 12.5. The largest absolute Gasteiger partial charge is 0.468 e. The summed E-state index contributed by atoms with van der Waals surface area (Å²) < 4.78 is 41.6. The summed E-state index contributed by atoms with van der Waals surface area (Å²) in [5.74, 6) is -0.518. The monoisotopic (exact) mass is 875 g/mol. The maximum Gasteiger partial charge on any atom is 0.325 e. The Morgan fingerprint density at radius 3 is 1.82 bits per heavy atom. The highest BCUT2D eigenvalue weighted by molar-refractivity contribution is 5.86. The first kappa shape index (κ1) is 47.0. The molecule has 7 rings (SSSR count). The van der Waals surface area contributed by atoms with Crippen molar-refractivity contribution >= 4 is 11.9 Å². The molecule has 0 unspecified atom stereocenters. The van der Waals surface area contributed by atoms with Gasteiger partial charge in [-0.05, 0) is 79.6 Å². The summed E-state index contributed by atoms with van der Waals surface area (Å²) in [4.78, 5) is 25.7. The van der Waals surface area contributed by atoms with Gasteiger partial charge >= 0.3 is 5.97 Å². The highest BCUT2D eigenvalue weighted by Crippen LogP contribution is 2.73. The lowest BCUT2D eigenvalue weighted by Gasteiger charge is -2.64. The summed E-state index contributed by atoms with van der Waals surface area (Å²) in [6.45, 7) is 6.23. The van der Waals surface area contributed by atoms with Gasteiger partial charge in [0, 0.05) is 5.41 Å². The van der Waals surface area contributed by atoms with Gasteiger partial charge in [0.25, 0.3) is 0 Å². The average molecular weight is 876 g/mol. The van der Waals surface area contributed by atoms with Crippen molar-refractivity contribution in [3.8, 4) is 0 Å². The van der Waals surface area contributed by atoms with Crippen LogP contribution in [0.3, 0.4) is 0 Å². The molecule has 4 saturated carbocycles. The number of ether oxygens (including phenoxy) is 7. The van der Waals surface area contributed by atoms with Crippen LogP contribution in [0.5, 0.6) is 0 Å². The molecule has 3 heterocycles. The van der Waals surface area contributed by atoms with Gasteiger partial charge in [0.15, 0.2) is 18.9 Å². The van der Waals surface area contributed by atoms with Crippen molar-refractivity contribution in [3.63, 3.8) is 0 Å². The van der Waals surface area contributed by atoms with Crippen molar-refractivity contribution in [2.75, 3.05) is 33.5 Å². The van der Waals surface area contributed by atoms with Crippen LogP contribution in [0.4, 0.5) is 0 Å². The van der Waals surface area contributed by atoms with Crippen molar-refractivity contribution in [1.82, 2.24) is 5.32 Å². The number of carbonyl (C=O) groups is 2. The molecule has 7 fully saturated rings. The number of hydrogen-bond acceptors (Lipinski definition) is 19. The van der Waals surface area contributed by atoms with E-state index in [-0.39, 0.29) is 35.1 Å². The topological polar surface area (TPSA) is 313 Å². The van der Waals surface area contributed by atoms with Crippen LogP contribution in [0.2, 0.25) is 0 Å². The van der Waals surface area contributed by atoms with E-state index in [9.17, 15) is 60.7 Å². The van der Waals surface area contributed by atoms with Gasteiger partial charge in [0.05, 0.1) is 32.5 Å². The first-order chi connectivity index (χ1) is 28.8. The van der Waals surface area contributed by atoms with E-state index >= 15 is 0 Å². The maximum atomic E-state index is 13.8. The van der Waals surface area contributed by atoms with Crippen molar-refractivity contribution in [1.29, 1.82) is 0 Å². The first-order valence-corrected chi connectivity index (χ1v) is 21.4. The summed E-state index contributed by atoms with van der Waals surface area (Å²) in [6, 6.07) is 0. The Labute approximate surface area is 353 Å². The third-order valence-corrected chi connectivity index (χ3v) is 15.7. The zero-order valence-corrected chi connectivity index (χ0v) is 34.9. The lowest BCUT2D eigenvalue weighted by molar-refractivity contribution is -0.400. The Morgan fingerprint density at radius 2 is 1.25 bits per heavy atom. The standard InChI is InChI=1S/C41H65NO19/c1-18-12-40-10-6-22-38(2,8-5-9-39(22,3)37(54)42-13-24(46)55-4)23(40)7-11-41(18,17-40)61-36-33(60-35-31(53)29(51)26(48)20(15-44)57-35)32(27(49)21(16-45)58-36)59-34-30(52)28(50)25(47)19(14-43)56-34/h19-23,25-36,43-45,47-53H,1,5-17H2,2-4H3,(H,42,54)/t19-,20-,21-,22+,23+,25-,26-,27-,28+,29+,30-,31-,32+,33-,34+,35+,36+,38-,39-,40-,41+/m1/s1. The second-order valence-corrected chi connectivity index (χ2v) is 19.0. The smallest absolute Gasteiger partial charge is 0.325 e. The molecule has 2 bridgehead atoms. The number of amides is 1. The summed E-state index contributed by atoms with van der Waals surface area (Å²) in [5.41, 5.74) is -1.57. The van der Waals surface area contributed by atoms with E-state index in [1.54, 1.807) is 0 Å². The molecule has 61 heavy (non-hydrogen) atoms. The number of hydrogen-bond donors (Lipinski definition) is 11. The highest BCUT2D eigenvalue weighted by Gasteiger charge is 2.69. The Morgan fingerprint density at radius 1 is 0.705 bits per heavy atom. The van der Waals surface area contributed by atoms with Crippen molar-refractivity contribution < 1.29 is 93.8 Å². The van der Waals surface area contributed by atoms with Crippen LogP contribution in [0, 0.1) is 28.1 Å². The van der Waals surface area contributed by atoms with Gasteiger partial charge in [-0.15, -0.1) is 0 Å². The molecule has 1 amide bonds. The zero-order chi connectivity index (χ0) is 44.4. The van der Waals surface area contributed by atoms with Crippen LogP contribution in [0.1, 0.15) is 71.6 Å². The average Bonchev–Trinajstić information content (AvgIpc) is 3.44. The SMILES string of the molecule is C=C1C[C@@]23CC[C@H]4[C@@](C)(CCC[C@@]4(C)C(=O)NCC(=O)OC)[C@@H]2CC[C@]1(O[C@@H]1O[C@H](CO)[C@@H](O)[C@H](O[C@@H]2O[C@H](CO)[C@@H](O)[C@H](O)[C@H]2O)[C@H]1O[C@@H]1O[C@H](CO)[C@@H](O)[C@H](O)[C@H]1O)C3. The molecule has 11 N–H and O–H groups in total. The third-order valence-electron chi connectivity index (χ3n) is 15.7. The first-order valence-electron chi connectivity index (χ1n) is 21.4. The number of nitrogens with one attached hydrogen (secondary N) is 1. The Bertz CT molecular complexity index is 1600. The van der Waals surface area contributed by atoms with Crippen molar-refractivity contribution in [3.05, 3.63) is 12.2 Å². The number of fused-ring (bicyclic) bond motifs is 3. The molecule has 0 radical (unpaired) electrons. The molecule has 0 aromatic rings. The molecule has 3 aliphatic heterocycles. The normalized spacial score (nSPS) is 51.0. The summed E-state index contributed by atoms with van der Waals surface area (Å²) in [5, 5.41) is 109. The number of aliphatic hydroxyl groups excluding tert-OH is 10. The Kier molecular flexibility index (Phi) is 13.7. The summed E-state index contributed by atoms with van der Waals surface area (Å²) >= 11 is 0. The predicted molar refractivity (Wildman–Crippen MR) is 204 cm³/mol. The second kappa shape index (κ2) is 17.8. The van der Waals surface area contributed by atoms with Gasteiger partial charge in [-0.2, -0.15) is 0 Å². The van der Waals surface area contributed by atoms with Gasteiger partial charge in [-0.25, -0.2) is 0 Å². The molecule has 348 valence electrons. The molecule has 20 nitrogen and oxygen atoms in total. The van der Waals surface area contributed by atoms with Crippen LogP contribution < -0.4 is 5.32 Å². The zero-order valence-electron chi connectivity index (χ0n) is 34.9. The minimum absolute atomic E-state index is 0.0226. The molecule has 4 aliphatic carbocycles. The van der Waals surface area contributed by atoms with Gasteiger partial charge in [0.1, 0.15) is 79.8 Å². The number of methoxy groups -OCH3 is 1. The molecule has 3 saturated heterocycles. The van der Waals surface area contributed by atoms with E-state index in [1.807, 2.05) is 6.92 Å². The number of esters is 1. The fourth-order valence-corrected chi connectivity index (χ4v) is 12.5. The minimum Gasteiger partial charge on any atom is -0.468 e. The van der Waals surface area contributed by atoms with Gasteiger partial charge < -0.3 is 89.5 Å². The third kappa shape index (κ3) is 7.99. The van der Waals surface area contributed by atoms with Crippen LogP contribution in [0.15, 0.2) is 12.2 Å². The van der Waals surface area contributed by atoms with Crippen LogP contribution in [0.25, 0.3) is 0 Å². The maximum absolute atomic E-state index is 13.8. The van der Waals surface area contributed by atoms with E-state index in [0.29, 0.717) is 32.1 Å². The van der Waals surface area contributed by atoms with Crippen LogP contribution in [-0.4, -0.2) is 194 Å². The van der Waals surface area contributed by atoms with Crippen molar-refractivity contribution in [2.24, 2.45) is 28.1 Å². The Hall–Kier alpha value is -1.96. The highest BCUT2D eigenvalue weighted by atomic mass is 16.8. The lowest BCUT2D eigenvalue weighted by atomic mass is 9.40. The number of rotatable bonds is 12. The van der Waals surface area contributed by atoms with Crippen LogP contribution in [-0.2, 0) is 42.7 Å². The van der Waals surface area contributed by atoms with E-state index in [2.05, 4.69) is 18.8 Å². The predicted octanol–water partition coefficient (Wildman–Crippen LogP) is -3.17. The minimum atomic E-state index is -1.92. The molecule has 20 heteroatoms. The molecule has 1 spiro atoms.